The highest BCUT2D eigenvalue weighted by Gasteiger charge is 2.24. The molecule has 1 saturated carbocycles. The van der Waals surface area contributed by atoms with Crippen molar-refractivity contribution in [3.63, 3.8) is 0 Å². The Morgan fingerprint density at radius 2 is 2.40 bits per heavy atom. The lowest BCUT2D eigenvalue weighted by atomic mass is 9.91. The van der Waals surface area contributed by atoms with Crippen LogP contribution in [0.1, 0.15) is 30.0 Å². The van der Waals surface area contributed by atoms with Crippen molar-refractivity contribution < 1.29 is 0 Å². The van der Waals surface area contributed by atoms with Gasteiger partial charge in [0.2, 0.25) is 0 Å². The molecule has 1 aliphatic carbocycles. The van der Waals surface area contributed by atoms with Crippen LogP contribution in [0.15, 0.2) is 5.38 Å². The first kappa shape index (κ1) is 11.6. The van der Waals surface area contributed by atoms with Crippen molar-refractivity contribution in [2.24, 2.45) is 0 Å². The Morgan fingerprint density at radius 3 is 2.87 bits per heavy atom. The highest BCUT2D eigenvalue weighted by atomic mass is 79.9. The summed E-state index contributed by atoms with van der Waals surface area (Å²) in [7, 11) is 0. The zero-order valence-corrected chi connectivity index (χ0v) is 11.5. The minimum Gasteiger partial charge on any atom is -0.294 e. The van der Waals surface area contributed by atoms with Gasteiger partial charge in [-0.05, 0) is 19.8 Å². The molecule has 0 radical (unpaired) electrons. The molecule has 1 fully saturated rings. The van der Waals surface area contributed by atoms with Gasteiger partial charge in [0.1, 0.15) is 0 Å². The molecule has 4 heteroatoms. The van der Waals surface area contributed by atoms with Gasteiger partial charge >= 0.3 is 0 Å². The maximum absolute atomic E-state index is 4.54. The second kappa shape index (κ2) is 5.41. The van der Waals surface area contributed by atoms with Crippen LogP contribution in [-0.2, 0) is 6.54 Å². The quantitative estimate of drug-likeness (QED) is 0.774. The smallest absolute Gasteiger partial charge is 0.0897 e. The molecular formula is C11H17BrN2S. The number of alkyl halides is 1. The second-order valence-corrected chi connectivity index (χ2v) is 5.96. The Morgan fingerprint density at radius 1 is 1.60 bits per heavy atom. The largest absolute Gasteiger partial charge is 0.294 e. The standard InChI is InChI=1S/C11H17BrN2S/c1-9-13-10(8-15-9)7-14(6-5-12)11-3-2-4-11/h8,11H,2-7H2,1H3. The first-order valence-electron chi connectivity index (χ1n) is 5.50. The third kappa shape index (κ3) is 3.02. The molecule has 0 N–H and O–H groups in total. The third-order valence-electron chi connectivity index (χ3n) is 2.99. The first-order valence-corrected chi connectivity index (χ1v) is 7.50. The summed E-state index contributed by atoms with van der Waals surface area (Å²) in [6.07, 6.45) is 4.14. The molecule has 2 rings (SSSR count). The summed E-state index contributed by atoms with van der Waals surface area (Å²) in [6, 6.07) is 0.810. The molecule has 1 aromatic heterocycles. The van der Waals surface area contributed by atoms with Crippen LogP contribution in [-0.4, -0.2) is 27.8 Å². The van der Waals surface area contributed by atoms with E-state index in [1.807, 2.05) is 0 Å². The molecule has 15 heavy (non-hydrogen) atoms. The Balaban J connectivity index is 1.93. The van der Waals surface area contributed by atoms with Crippen LogP contribution < -0.4 is 0 Å². The first-order chi connectivity index (χ1) is 7.29. The molecule has 0 bridgehead atoms. The van der Waals surface area contributed by atoms with Gasteiger partial charge in [0.15, 0.2) is 0 Å². The topological polar surface area (TPSA) is 16.1 Å². The molecule has 1 aromatic rings. The van der Waals surface area contributed by atoms with E-state index in [1.54, 1.807) is 11.3 Å². The second-order valence-electron chi connectivity index (χ2n) is 4.10. The molecule has 0 aromatic carbocycles. The molecular weight excluding hydrogens is 272 g/mol. The summed E-state index contributed by atoms with van der Waals surface area (Å²) in [6.45, 7) is 4.24. The highest BCUT2D eigenvalue weighted by Crippen LogP contribution is 2.26. The molecule has 84 valence electrons. The van der Waals surface area contributed by atoms with Crippen molar-refractivity contribution in [1.29, 1.82) is 0 Å². The Hall–Kier alpha value is 0.0700. The number of nitrogens with zero attached hydrogens (tertiary/aromatic N) is 2. The van der Waals surface area contributed by atoms with Crippen molar-refractivity contribution in [2.45, 2.75) is 38.8 Å². The van der Waals surface area contributed by atoms with E-state index in [-0.39, 0.29) is 0 Å². The van der Waals surface area contributed by atoms with Gasteiger partial charge in [0.05, 0.1) is 10.7 Å². The van der Waals surface area contributed by atoms with Crippen LogP contribution in [0.2, 0.25) is 0 Å². The Bertz CT molecular complexity index is 309. The number of halogens is 1. The predicted molar refractivity (Wildman–Crippen MR) is 68.7 cm³/mol. The predicted octanol–water partition coefficient (Wildman–Crippen LogP) is 3.20. The number of aromatic nitrogens is 1. The monoisotopic (exact) mass is 288 g/mol. The van der Waals surface area contributed by atoms with Crippen molar-refractivity contribution in [3.05, 3.63) is 16.1 Å². The van der Waals surface area contributed by atoms with E-state index < -0.39 is 0 Å². The van der Waals surface area contributed by atoms with Crippen molar-refractivity contribution in [2.75, 3.05) is 11.9 Å². The molecule has 1 heterocycles. The van der Waals surface area contributed by atoms with E-state index in [0.717, 1.165) is 24.5 Å². The van der Waals surface area contributed by atoms with Crippen LogP contribution in [0.4, 0.5) is 0 Å². The minimum atomic E-state index is 0.810. The molecule has 0 amide bonds. The zero-order valence-electron chi connectivity index (χ0n) is 9.08. The average molecular weight is 289 g/mol. The molecule has 0 saturated heterocycles. The van der Waals surface area contributed by atoms with Crippen molar-refractivity contribution in [3.8, 4) is 0 Å². The number of rotatable bonds is 5. The van der Waals surface area contributed by atoms with E-state index in [4.69, 9.17) is 0 Å². The van der Waals surface area contributed by atoms with E-state index in [2.05, 4.69) is 38.1 Å². The summed E-state index contributed by atoms with van der Waals surface area (Å²) in [4.78, 5) is 7.10. The molecule has 0 atom stereocenters. The Labute approximate surface area is 104 Å². The highest BCUT2D eigenvalue weighted by molar-refractivity contribution is 9.09. The molecule has 2 nitrogen and oxygen atoms in total. The van der Waals surface area contributed by atoms with E-state index in [0.29, 0.717) is 0 Å². The maximum atomic E-state index is 4.54. The van der Waals surface area contributed by atoms with Gasteiger partial charge in [-0.3, -0.25) is 4.90 Å². The van der Waals surface area contributed by atoms with Crippen LogP contribution in [0.5, 0.6) is 0 Å². The van der Waals surface area contributed by atoms with Gasteiger partial charge in [-0.15, -0.1) is 11.3 Å². The minimum absolute atomic E-state index is 0.810. The molecule has 0 aliphatic heterocycles. The lowest BCUT2D eigenvalue weighted by molar-refractivity contribution is 0.127. The molecule has 0 unspecified atom stereocenters. The average Bonchev–Trinajstić information content (AvgIpc) is 2.48. The summed E-state index contributed by atoms with van der Waals surface area (Å²) < 4.78 is 0. The lowest BCUT2D eigenvalue weighted by Gasteiger charge is -2.36. The summed E-state index contributed by atoms with van der Waals surface area (Å²) in [5.74, 6) is 0. The van der Waals surface area contributed by atoms with Crippen LogP contribution >= 0.6 is 27.3 Å². The van der Waals surface area contributed by atoms with E-state index in [9.17, 15) is 0 Å². The third-order valence-corrected chi connectivity index (χ3v) is 4.17. The summed E-state index contributed by atoms with van der Waals surface area (Å²) >= 11 is 5.28. The SMILES string of the molecule is Cc1nc(CN(CCBr)C2CCC2)cs1. The van der Waals surface area contributed by atoms with Gasteiger partial charge in [-0.25, -0.2) is 4.98 Å². The van der Waals surface area contributed by atoms with E-state index in [1.165, 1.54) is 30.0 Å². The van der Waals surface area contributed by atoms with Crippen LogP contribution in [0.25, 0.3) is 0 Å². The maximum Gasteiger partial charge on any atom is 0.0897 e. The number of hydrogen-bond acceptors (Lipinski definition) is 3. The Kier molecular flexibility index (Phi) is 4.17. The number of hydrogen-bond donors (Lipinski definition) is 0. The number of thiazole rings is 1. The van der Waals surface area contributed by atoms with Crippen molar-refractivity contribution >= 4 is 27.3 Å². The van der Waals surface area contributed by atoms with Crippen molar-refractivity contribution in [1.82, 2.24) is 9.88 Å². The van der Waals surface area contributed by atoms with Crippen LogP contribution in [0.3, 0.4) is 0 Å². The van der Waals surface area contributed by atoms with Gasteiger partial charge in [-0.2, -0.15) is 0 Å². The lowest BCUT2D eigenvalue weighted by Crippen LogP contribution is -2.40. The zero-order chi connectivity index (χ0) is 10.7. The van der Waals surface area contributed by atoms with Gasteiger partial charge in [0.25, 0.3) is 0 Å². The van der Waals surface area contributed by atoms with Gasteiger partial charge < -0.3 is 0 Å². The fraction of sp³-hybridized carbons (Fsp3) is 0.727. The fourth-order valence-electron chi connectivity index (χ4n) is 1.94. The van der Waals surface area contributed by atoms with Gasteiger partial charge in [0, 0.05) is 29.8 Å². The molecule has 1 aliphatic rings. The summed E-state index contributed by atoms with van der Waals surface area (Å²) in [5.41, 5.74) is 1.24. The normalized spacial score (nSPS) is 17.0. The van der Waals surface area contributed by atoms with Gasteiger partial charge in [-0.1, -0.05) is 22.4 Å². The van der Waals surface area contributed by atoms with Crippen LogP contribution in [0, 0.1) is 6.92 Å². The van der Waals surface area contributed by atoms with E-state index >= 15 is 0 Å². The summed E-state index contributed by atoms with van der Waals surface area (Å²) in [5, 5.41) is 4.43. The fourth-order valence-corrected chi connectivity index (χ4v) is 3.00. The number of aryl methyl sites for hydroxylation is 1. The molecule has 0 spiro atoms.